The fraction of sp³-hybridized carbons (Fsp3) is 0.429. The van der Waals surface area contributed by atoms with Gasteiger partial charge in [-0.3, -0.25) is 9.59 Å². The number of amides is 2. The van der Waals surface area contributed by atoms with Gasteiger partial charge in [-0.05, 0) is 62.6 Å². The zero-order chi connectivity index (χ0) is 20.1. The van der Waals surface area contributed by atoms with Crippen molar-refractivity contribution in [2.75, 3.05) is 33.7 Å². The molecule has 0 saturated carbocycles. The molecule has 1 saturated heterocycles. The summed E-state index contributed by atoms with van der Waals surface area (Å²) in [6.07, 6.45) is 1.29. The van der Waals surface area contributed by atoms with Crippen molar-refractivity contribution >= 4 is 23.2 Å². The van der Waals surface area contributed by atoms with Gasteiger partial charge in [-0.25, -0.2) is 4.39 Å². The van der Waals surface area contributed by atoms with Crippen molar-refractivity contribution in [3.8, 4) is 0 Å². The second-order valence-electron chi connectivity index (χ2n) is 7.31. The van der Waals surface area contributed by atoms with Crippen molar-refractivity contribution in [3.63, 3.8) is 0 Å². The fourth-order valence-electron chi connectivity index (χ4n) is 3.48. The number of benzene rings is 1. The normalized spacial score (nSPS) is 16.2. The van der Waals surface area contributed by atoms with Crippen LogP contribution in [-0.4, -0.2) is 55.3 Å². The van der Waals surface area contributed by atoms with E-state index >= 15 is 0 Å². The van der Waals surface area contributed by atoms with E-state index in [1.165, 1.54) is 29.1 Å². The minimum Gasteiger partial charge on any atom is -0.354 e. The highest BCUT2D eigenvalue weighted by Gasteiger charge is 2.28. The number of halogens is 1. The predicted molar refractivity (Wildman–Crippen MR) is 109 cm³/mol. The molecule has 0 spiro atoms. The van der Waals surface area contributed by atoms with Crippen molar-refractivity contribution in [1.82, 2.24) is 15.1 Å². The van der Waals surface area contributed by atoms with Crippen LogP contribution >= 0.6 is 11.3 Å². The number of carbonyl (C=O) groups is 2. The molecule has 1 aliphatic heterocycles. The van der Waals surface area contributed by atoms with Crippen molar-refractivity contribution in [2.24, 2.45) is 5.92 Å². The zero-order valence-corrected chi connectivity index (χ0v) is 17.0. The molecule has 7 heteroatoms. The van der Waals surface area contributed by atoms with Crippen LogP contribution in [0, 0.1) is 11.7 Å². The Morgan fingerprint density at radius 3 is 2.46 bits per heavy atom. The molecule has 2 amide bonds. The first-order valence-corrected chi connectivity index (χ1v) is 10.4. The minimum absolute atomic E-state index is 0.0530. The average molecular weight is 404 g/mol. The van der Waals surface area contributed by atoms with Gasteiger partial charge in [-0.2, -0.15) is 0 Å². The van der Waals surface area contributed by atoms with E-state index in [4.69, 9.17) is 0 Å². The molecule has 2 heterocycles. The Labute approximate surface area is 169 Å². The fourth-order valence-corrected chi connectivity index (χ4v) is 4.40. The first-order valence-electron chi connectivity index (χ1n) is 9.48. The van der Waals surface area contributed by atoms with Crippen LogP contribution in [0.5, 0.6) is 0 Å². The van der Waals surface area contributed by atoms with E-state index in [0.29, 0.717) is 38.0 Å². The number of rotatable bonds is 6. The number of nitrogens with zero attached hydrogens (tertiary/aromatic N) is 2. The lowest BCUT2D eigenvalue weighted by Crippen LogP contribution is -2.44. The molecule has 0 bridgehead atoms. The maximum Gasteiger partial charge on any atom is 0.253 e. The molecule has 5 nitrogen and oxygen atoms in total. The van der Waals surface area contributed by atoms with Crippen molar-refractivity contribution in [2.45, 2.75) is 18.9 Å². The number of carbonyl (C=O) groups excluding carboxylic acids is 2. The Morgan fingerprint density at radius 2 is 1.89 bits per heavy atom. The summed E-state index contributed by atoms with van der Waals surface area (Å²) in [5.74, 6) is -0.490. The Bertz CT molecular complexity index is 784. The lowest BCUT2D eigenvalue weighted by atomic mass is 9.95. The highest BCUT2D eigenvalue weighted by Crippen LogP contribution is 2.23. The molecule has 1 aromatic heterocycles. The summed E-state index contributed by atoms with van der Waals surface area (Å²) in [5, 5.41) is 5.13. The van der Waals surface area contributed by atoms with E-state index in [1.54, 1.807) is 16.2 Å². The summed E-state index contributed by atoms with van der Waals surface area (Å²) < 4.78 is 13.0. The van der Waals surface area contributed by atoms with Gasteiger partial charge in [0.25, 0.3) is 5.91 Å². The van der Waals surface area contributed by atoms with Crippen LogP contribution in [0.25, 0.3) is 0 Å². The molecular weight excluding hydrogens is 377 g/mol. The third kappa shape index (κ3) is 4.97. The van der Waals surface area contributed by atoms with Gasteiger partial charge >= 0.3 is 0 Å². The zero-order valence-electron chi connectivity index (χ0n) is 16.2. The molecule has 3 rings (SSSR count). The van der Waals surface area contributed by atoms with E-state index in [1.807, 2.05) is 25.5 Å². The second-order valence-corrected chi connectivity index (χ2v) is 8.29. The molecule has 150 valence electrons. The third-order valence-corrected chi connectivity index (χ3v) is 6.18. The van der Waals surface area contributed by atoms with Crippen LogP contribution in [-0.2, 0) is 4.79 Å². The molecule has 1 atom stereocenters. The van der Waals surface area contributed by atoms with Crippen LogP contribution in [0.2, 0.25) is 0 Å². The van der Waals surface area contributed by atoms with Gasteiger partial charge in [-0.1, -0.05) is 6.07 Å². The molecule has 0 radical (unpaired) electrons. The SMILES string of the molecule is CN(C)[C@H](CNC(=O)C1CCN(C(=O)c2ccc(F)cc2)CC1)c1cccs1. The second kappa shape index (κ2) is 9.30. The van der Waals surface area contributed by atoms with Gasteiger partial charge in [0.15, 0.2) is 0 Å². The van der Waals surface area contributed by atoms with Gasteiger partial charge in [0.05, 0.1) is 6.04 Å². The van der Waals surface area contributed by atoms with Gasteiger partial charge in [-0.15, -0.1) is 11.3 Å². The Kier molecular flexibility index (Phi) is 6.80. The molecular formula is C21H26FN3O2S. The first-order chi connectivity index (χ1) is 13.5. The maximum atomic E-state index is 13.0. The van der Waals surface area contributed by atoms with Crippen molar-refractivity contribution in [3.05, 3.63) is 58.0 Å². The lowest BCUT2D eigenvalue weighted by molar-refractivity contribution is -0.126. The minimum atomic E-state index is -0.356. The van der Waals surface area contributed by atoms with E-state index < -0.39 is 0 Å². The summed E-state index contributed by atoms with van der Waals surface area (Å²) in [6, 6.07) is 9.85. The number of likely N-dealkylation sites (N-methyl/N-ethyl adjacent to an activating group) is 1. The highest BCUT2D eigenvalue weighted by molar-refractivity contribution is 7.10. The topological polar surface area (TPSA) is 52.7 Å². The highest BCUT2D eigenvalue weighted by atomic mass is 32.1. The molecule has 0 unspecified atom stereocenters. The van der Waals surface area contributed by atoms with Crippen LogP contribution in [0.1, 0.15) is 34.1 Å². The standard InChI is InChI=1S/C21H26FN3O2S/c1-24(2)18(19-4-3-13-28-19)14-23-20(26)15-9-11-25(12-10-15)21(27)16-5-7-17(22)8-6-16/h3-8,13,15,18H,9-12,14H2,1-2H3,(H,23,26)/t18-/m1/s1. The van der Waals surface area contributed by atoms with Gasteiger partial charge in [0.1, 0.15) is 5.82 Å². The lowest BCUT2D eigenvalue weighted by Gasteiger charge is -2.32. The molecule has 1 aromatic carbocycles. The van der Waals surface area contributed by atoms with E-state index in [-0.39, 0.29) is 29.6 Å². The molecule has 1 fully saturated rings. The quantitative estimate of drug-likeness (QED) is 0.806. The number of piperidine rings is 1. The summed E-state index contributed by atoms with van der Waals surface area (Å²) in [4.78, 5) is 30.2. The molecule has 28 heavy (non-hydrogen) atoms. The number of likely N-dealkylation sites (tertiary alicyclic amines) is 1. The van der Waals surface area contributed by atoms with Crippen LogP contribution in [0.15, 0.2) is 41.8 Å². The summed E-state index contributed by atoms with van der Waals surface area (Å²) in [5.41, 5.74) is 0.481. The predicted octanol–water partition coefficient (Wildman–Crippen LogP) is 3.16. The number of hydrogen-bond acceptors (Lipinski definition) is 4. The Morgan fingerprint density at radius 1 is 1.21 bits per heavy atom. The van der Waals surface area contributed by atoms with Crippen LogP contribution in [0.4, 0.5) is 4.39 Å². The smallest absolute Gasteiger partial charge is 0.253 e. The molecule has 2 aromatic rings. The Balaban J connectivity index is 1.49. The van der Waals surface area contributed by atoms with E-state index in [9.17, 15) is 14.0 Å². The molecule has 1 N–H and O–H groups in total. The largest absolute Gasteiger partial charge is 0.354 e. The van der Waals surface area contributed by atoms with Crippen LogP contribution < -0.4 is 5.32 Å². The summed E-state index contributed by atoms with van der Waals surface area (Å²) in [7, 11) is 4.02. The molecule has 0 aliphatic carbocycles. The van der Waals surface area contributed by atoms with Gasteiger partial charge < -0.3 is 15.1 Å². The third-order valence-electron chi connectivity index (χ3n) is 5.21. The average Bonchev–Trinajstić information content (AvgIpc) is 3.22. The van der Waals surface area contributed by atoms with Gasteiger partial charge in [0, 0.05) is 36.0 Å². The monoisotopic (exact) mass is 403 g/mol. The van der Waals surface area contributed by atoms with E-state index in [0.717, 1.165) is 0 Å². The van der Waals surface area contributed by atoms with E-state index in [2.05, 4.69) is 16.3 Å². The number of nitrogens with one attached hydrogen (secondary N) is 1. The summed E-state index contributed by atoms with van der Waals surface area (Å²) >= 11 is 1.69. The maximum absolute atomic E-state index is 13.0. The van der Waals surface area contributed by atoms with Gasteiger partial charge in [0.2, 0.25) is 5.91 Å². The number of thiophene rings is 1. The first kappa shape index (κ1) is 20.5. The van der Waals surface area contributed by atoms with Crippen molar-refractivity contribution in [1.29, 1.82) is 0 Å². The Hall–Kier alpha value is -2.25. The summed E-state index contributed by atoms with van der Waals surface area (Å²) in [6.45, 7) is 1.65. The van der Waals surface area contributed by atoms with Crippen molar-refractivity contribution < 1.29 is 14.0 Å². The van der Waals surface area contributed by atoms with Crippen LogP contribution in [0.3, 0.4) is 0 Å². The number of hydrogen-bond donors (Lipinski definition) is 1. The molecule has 1 aliphatic rings.